The van der Waals surface area contributed by atoms with E-state index < -0.39 is 18.1 Å². The molecule has 0 radical (unpaired) electrons. The number of hydrogen-bond acceptors (Lipinski definition) is 5. The van der Waals surface area contributed by atoms with Crippen LogP contribution in [0.25, 0.3) is 10.9 Å². The van der Waals surface area contributed by atoms with Crippen molar-refractivity contribution in [1.29, 1.82) is 0 Å². The molecule has 1 fully saturated rings. The third-order valence-electron chi connectivity index (χ3n) is 6.75. The third-order valence-corrected chi connectivity index (χ3v) is 6.75. The highest BCUT2D eigenvalue weighted by Gasteiger charge is 2.34. The van der Waals surface area contributed by atoms with E-state index in [0.717, 1.165) is 49.0 Å². The van der Waals surface area contributed by atoms with E-state index in [1.165, 1.54) is 0 Å². The van der Waals surface area contributed by atoms with Crippen LogP contribution in [0.3, 0.4) is 0 Å². The highest BCUT2D eigenvalue weighted by Crippen LogP contribution is 2.35. The maximum absolute atomic E-state index is 15.3. The first-order valence-corrected chi connectivity index (χ1v) is 11.6. The molecule has 4 rings (SSSR count). The lowest BCUT2D eigenvalue weighted by atomic mass is 9.81. The van der Waals surface area contributed by atoms with Gasteiger partial charge in [0.05, 0.1) is 24.8 Å². The van der Waals surface area contributed by atoms with Crippen LogP contribution in [0.4, 0.5) is 4.39 Å². The zero-order valence-corrected chi connectivity index (χ0v) is 19.0. The fraction of sp³-hybridized carbons (Fsp3) is 0.462. The van der Waals surface area contributed by atoms with E-state index in [1.54, 1.807) is 25.6 Å². The Kier molecular flexibility index (Phi) is 7.60. The molecule has 1 unspecified atom stereocenters. The van der Waals surface area contributed by atoms with Crippen LogP contribution in [0.5, 0.6) is 5.75 Å². The number of furan rings is 1. The number of methoxy groups -OCH3 is 1. The molecule has 1 N–H and O–H groups in total. The summed E-state index contributed by atoms with van der Waals surface area (Å²) in [6.07, 6.45) is 5.51. The van der Waals surface area contributed by atoms with Gasteiger partial charge >= 0.3 is 5.97 Å². The molecule has 1 aliphatic rings. The highest BCUT2D eigenvalue weighted by atomic mass is 19.1. The summed E-state index contributed by atoms with van der Waals surface area (Å²) in [6.45, 7) is 2.21. The van der Waals surface area contributed by atoms with Gasteiger partial charge in [-0.05, 0) is 86.7 Å². The van der Waals surface area contributed by atoms with Crippen molar-refractivity contribution in [2.45, 2.75) is 38.3 Å². The predicted octanol–water partition coefficient (Wildman–Crippen LogP) is 5.28. The number of hydrogen-bond donors (Lipinski definition) is 1. The number of benzene rings is 1. The first-order valence-electron chi connectivity index (χ1n) is 11.6. The first-order chi connectivity index (χ1) is 16.0. The smallest absolute Gasteiger partial charge is 0.308 e. The fourth-order valence-electron chi connectivity index (χ4n) is 4.89. The van der Waals surface area contributed by atoms with Crippen LogP contribution in [0.15, 0.2) is 53.3 Å². The fourth-order valence-corrected chi connectivity index (χ4v) is 4.89. The molecule has 2 aromatic heterocycles. The van der Waals surface area contributed by atoms with Gasteiger partial charge in [-0.1, -0.05) is 0 Å². The lowest BCUT2D eigenvalue weighted by molar-refractivity contribution is -0.146. The number of rotatable bonds is 10. The molecular formula is C26H31FN2O4. The Hall–Kier alpha value is -2.93. The molecule has 6 nitrogen and oxygen atoms in total. The van der Waals surface area contributed by atoms with Crippen molar-refractivity contribution in [2.75, 3.05) is 26.7 Å². The molecule has 0 spiro atoms. The zero-order valence-electron chi connectivity index (χ0n) is 19.0. The number of likely N-dealkylation sites (tertiary alicyclic amines) is 1. The molecule has 1 aromatic carbocycles. The maximum atomic E-state index is 15.3. The minimum absolute atomic E-state index is 0.0234. The number of aliphatic carboxylic acids is 1. The number of fused-ring (bicyclic) bond motifs is 1. The predicted molar refractivity (Wildman–Crippen MR) is 124 cm³/mol. The molecule has 176 valence electrons. The normalized spacial score (nSPS) is 20.1. The van der Waals surface area contributed by atoms with Crippen molar-refractivity contribution in [3.05, 3.63) is 60.2 Å². The average Bonchev–Trinajstić information content (AvgIpc) is 3.35. The molecule has 1 aliphatic heterocycles. The number of aryl methyl sites for hydroxylation is 1. The Morgan fingerprint density at radius 1 is 1.36 bits per heavy atom. The SMILES string of the molecule is COc1ccc2nccc(C(F)CC[C@@H]3CCN(CCCc4ccco4)C[C@@H]3C(=O)O)c2c1. The quantitative estimate of drug-likeness (QED) is 0.449. The molecule has 3 atom stereocenters. The van der Waals surface area contributed by atoms with Gasteiger partial charge in [0.2, 0.25) is 0 Å². The number of ether oxygens (including phenoxy) is 1. The molecule has 3 heterocycles. The number of carboxylic acids is 1. The van der Waals surface area contributed by atoms with Crippen LogP contribution in [-0.2, 0) is 11.2 Å². The molecular weight excluding hydrogens is 423 g/mol. The number of alkyl halides is 1. The van der Waals surface area contributed by atoms with Crippen LogP contribution in [0, 0.1) is 11.8 Å². The van der Waals surface area contributed by atoms with Gasteiger partial charge in [-0.25, -0.2) is 4.39 Å². The van der Waals surface area contributed by atoms with Crippen molar-refractivity contribution < 1.29 is 23.4 Å². The maximum Gasteiger partial charge on any atom is 0.308 e. The average molecular weight is 455 g/mol. The van der Waals surface area contributed by atoms with Gasteiger partial charge < -0.3 is 19.2 Å². The van der Waals surface area contributed by atoms with Gasteiger partial charge in [-0.2, -0.15) is 0 Å². The van der Waals surface area contributed by atoms with Crippen molar-refractivity contribution in [3.63, 3.8) is 0 Å². The van der Waals surface area contributed by atoms with Crippen molar-refractivity contribution >= 4 is 16.9 Å². The Balaban J connectivity index is 1.34. The van der Waals surface area contributed by atoms with E-state index >= 15 is 4.39 Å². The number of aromatic nitrogens is 1. The standard InChI is InChI=1S/C26H31FN2O4/c1-32-20-7-9-25-22(16-20)21(10-12-28-25)24(27)8-6-18-11-14-29(17-23(18)26(30)31)13-2-4-19-5-3-15-33-19/h3,5,7,9-10,12,15-16,18,23-24H,2,4,6,8,11,13-14,17H2,1H3,(H,30,31)/t18-,23+,24?/m1/s1. The zero-order chi connectivity index (χ0) is 23.2. The molecule has 3 aromatic rings. The molecule has 0 saturated carbocycles. The van der Waals surface area contributed by atoms with Gasteiger partial charge in [0.1, 0.15) is 17.7 Å². The van der Waals surface area contributed by atoms with E-state index in [-0.39, 0.29) is 5.92 Å². The van der Waals surface area contributed by atoms with Crippen molar-refractivity contribution in [1.82, 2.24) is 9.88 Å². The number of pyridine rings is 1. The van der Waals surface area contributed by atoms with E-state index in [2.05, 4.69) is 9.88 Å². The molecule has 0 bridgehead atoms. The summed E-state index contributed by atoms with van der Waals surface area (Å²) in [4.78, 5) is 18.5. The third kappa shape index (κ3) is 5.71. The van der Waals surface area contributed by atoms with E-state index in [0.29, 0.717) is 30.7 Å². The summed E-state index contributed by atoms with van der Waals surface area (Å²) >= 11 is 0. The van der Waals surface area contributed by atoms with Gasteiger partial charge in [0.15, 0.2) is 0 Å². The Morgan fingerprint density at radius 2 is 2.24 bits per heavy atom. The summed E-state index contributed by atoms with van der Waals surface area (Å²) in [5.41, 5.74) is 1.31. The second kappa shape index (κ2) is 10.8. The largest absolute Gasteiger partial charge is 0.497 e. The van der Waals surface area contributed by atoms with Crippen LogP contribution in [0.2, 0.25) is 0 Å². The number of nitrogens with zero attached hydrogens (tertiary/aromatic N) is 2. The minimum atomic E-state index is -1.18. The van der Waals surface area contributed by atoms with E-state index in [1.807, 2.05) is 30.3 Å². The van der Waals surface area contributed by atoms with Gasteiger partial charge in [-0.3, -0.25) is 9.78 Å². The Bertz CT molecular complexity index is 1060. The molecule has 0 amide bonds. The van der Waals surface area contributed by atoms with Crippen LogP contribution in [-0.4, -0.2) is 47.7 Å². The monoisotopic (exact) mass is 454 g/mol. The second-order valence-electron chi connectivity index (χ2n) is 8.81. The summed E-state index contributed by atoms with van der Waals surface area (Å²) < 4.78 is 26.0. The Labute approximate surface area is 193 Å². The van der Waals surface area contributed by atoms with E-state index in [4.69, 9.17) is 9.15 Å². The van der Waals surface area contributed by atoms with Crippen LogP contribution in [0.1, 0.15) is 43.2 Å². The molecule has 0 aliphatic carbocycles. The van der Waals surface area contributed by atoms with Crippen LogP contribution < -0.4 is 4.74 Å². The first kappa shape index (κ1) is 23.2. The Morgan fingerprint density at radius 3 is 3.00 bits per heavy atom. The van der Waals surface area contributed by atoms with Crippen molar-refractivity contribution in [3.8, 4) is 5.75 Å². The topological polar surface area (TPSA) is 75.8 Å². The van der Waals surface area contributed by atoms with E-state index in [9.17, 15) is 9.90 Å². The summed E-state index contributed by atoms with van der Waals surface area (Å²) in [5, 5.41) is 10.6. The molecule has 7 heteroatoms. The van der Waals surface area contributed by atoms with Gasteiger partial charge in [0.25, 0.3) is 0 Å². The number of carboxylic acid groups (broad SMARTS) is 1. The lowest BCUT2D eigenvalue weighted by Gasteiger charge is -2.36. The molecule has 1 saturated heterocycles. The minimum Gasteiger partial charge on any atom is -0.497 e. The highest BCUT2D eigenvalue weighted by molar-refractivity contribution is 5.83. The summed E-state index contributed by atoms with van der Waals surface area (Å²) in [7, 11) is 1.58. The van der Waals surface area contributed by atoms with Crippen molar-refractivity contribution in [2.24, 2.45) is 11.8 Å². The number of carbonyl (C=O) groups is 1. The number of piperidine rings is 1. The second-order valence-corrected chi connectivity index (χ2v) is 8.81. The molecule has 33 heavy (non-hydrogen) atoms. The van der Waals surface area contributed by atoms with Crippen LogP contribution >= 0.6 is 0 Å². The lowest BCUT2D eigenvalue weighted by Crippen LogP contribution is -2.44. The summed E-state index contributed by atoms with van der Waals surface area (Å²) in [5.74, 6) is 0.336. The van der Waals surface area contributed by atoms with Gasteiger partial charge in [-0.15, -0.1) is 0 Å². The summed E-state index contributed by atoms with van der Waals surface area (Å²) in [6, 6.07) is 11.0. The number of halogens is 1. The van der Waals surface area contributed by atoms with Gasteiger partial charge in [0, 0.05) is 24.5 Å².